The van der Waals surface area contributed by atoms with Crippen LogP contribution in [0.1, 0.15) is 0 Å². The third-order valence-corrected chi connectivity index (χ3v) is 4.97. The summed E-state index contributed by atoms with van der Waals surface area (Å²) in [6.45, 7) is -0.514. The Hall–Kier alpha value is -0.870. The number of aromatic amines is 1. The van der Waals surface area contributed by atoms with Gasteiger partial charge in [0.1, 0.15) is 30.2 Å². The SMILES string of the molecule is OC[C@H]1O[C@@H](Oc2c[nH]c3cc(Cl)c(Br)cc23)[C@H](O)[C@@H](O)[C@H]1O. The van der Waals surface area contributed by atoms with Gasteiger partial charge in [-0.15, -0.1) is 0 Å². The molecular weight excluding hydrogens is 394 g/mol. The van der Waals surface area contributed by atoms with Crippen molar-refractivity contribution in [2.24, 2.45) is 0 Å². The van der Waals surface area contributed by atoms with E-state index in [-0.39, 0.29) is 0 Å². The smallest absolute Gasteiger partial charge is 0.229 e. The molecule has 0 bridgehead atoms. The number of fused-ring (bicyclic) bond motifs is 1. The summed E-state index contributed by atoms with van der Waals surface area (Å²) in [5.74, 6) is 0.377. The molecule has 0 aliphatic carbocycles. The number of benzene rings is 1. The molecule has 1 saturated heterocycles. The molecule has 1 aliphatic rings. The standard InChI is InChI=1S/C14H15BrClNO6/c15-6-1-5-8(2-7(6)16)17-3-9(5)22-14-13(21)12(20)11(19)10(4-18)23-14/h1-3,10-14,17-21H,4H2/t10-,11+,12+,13-,14-/m1/s1. The Balaban J connectivity index is 1.88. The molecule has 5 atom stereocenters. The van der Waals surface area contributed by atoms with Crippen LogP contribution in [-0.2, 0) is 4.74 Å². The lowest BCUT2D eigenvalue weighted by Crippen LogP contribution is -2.60. The van der Waals surface area contributed by atoms with E-state index in [0.29, 0.717) is 20.6 Å². The zero-order chi connectivity index (χ0) is 16.7. The van der Waals surface area contributed by atoms with E-state index in [1.807, 2.05) is 0 Å². The molecular formula is C14H15BrClNO6. The van der Waals surface area contributed by atoms with Crippen molar-refractivity contribution in [2.75, 3.05) is 6.61 Å². The number of aliphatic hydroxyl groups excluding tert-OH is 4. The first kappa shape index (κ1) is 17.0. The molecule has 2 aromatic rings. The maximum Gasteiger partial charge on any atom is 0.229 e. The molecule has 0 radical (unpaired) electrons. The summed E-state index contributed by atoms with van der Waals surface area (Å²) >= 11 is 9.35. The average molecular weight is 409 g/mol. The Morgan fingerprint density at radius 2 is 1.96 bits per heavy atom. The van der Waals surface area contributed by atoms with Crippen molar-refractivity contribution in [3.05, 3.63) is 27.8 Å². The molecule has 0 amide bonds. The van der Waals surface area contributed by atoms with Crippen molar-refractivity contribution in [1.29, 1.82) is 0 Å². The van der Waals surface area contributed by atoms with Gasteiger partial charge in [0.05, 0.1) is 17.1 Å². The van der Waals surface area contributed by atoms with Crippen molar-refractivity contribution in [2.45, 2.75) is 30.7 Å². The van der Waals surface area contributed by atoms with Crippen molar-refractivity contribution < 1.29 is 29.9 Å². The first-order chi connectivity index (χ1) is 10.9. The van der Waals surface area contributed by atoms with E-state index in [1.165, 1.54) is 0 Å². The Morgan fingerprint density at radius 1 is 1.22 bits per heavy atom. The van der Waals surface area contributed by atoms with Gasteiger partial charge in [-0.05, 0) is 28.1 Å². The van der Waals surface area contributed by atoms with Gasteiger partial charge in [-0.1, -0.05) is 11.6 Å². The number of ether oxygens (including phenoxy) is 2. The van der Waals surface area contributed by atoms with Gasteiger partial charge in [-0.25, -0.2) is 0 Å². The number of hydrogen-bond acceptors (Lipinski definition) is 6. The van der Waals surface area contributed by atoms with Crippen LogP contribution in [0.3, 0.4) is 0 Å². The summed E-state index contributed by atoms with van der Waals surface area (Å²) in [6.07, 6.45) is -5.07. The molecule has 1 aliphatic heterocycles. The summed E-state index contributed by atoms with van der Waals surface area (Å²) in [5, 5.41) is 40.0. The van der Waals surface area contributed by atoms with Gasteiger partial charge in [0, 0.05) is 16.1 Å². The number of nitrogens with one attached hydrogen (secondary N) is 1. The van der Waals surface area contributed by atoms with Gasteiger partial charge in [0.2, 0.25) is 6.29 Å². The van der Waals surface area contributed by atoms with Gasteiger partial charge in [-0.2, -0.15) is 0 Å². The Morgan fingerprint density at radius 3 is 2.65 bits per heavy atom. The maximum atomic E-state index is 10.0. The molecule has 1 fully saturated rings. The minimum absolute atomic E-state index is 0.377. The number of aromatic nitrogens is 1. The third-order valence-electron chi connectivity index (χ3n) is 3.78. The van der Waals surface area contributed by atoms with E-state index in [0.717, 1.165) is 5.52 Å². The van der Waals surface area contributed by atoms with Crippen molar-refractivity contribution in [1.82, 2.24) is 4.98 Å². The largest absolute Gasteiger partial charge is 0.460 e. The number of halogens is 2. The van der Waals surface area contributed by atoms with Crippen LogP contribution in [0.2, 0.25) is 5.02 Å². The lowest BCUT2D eigenvalue weighted by molar-refractivity contribution is -0.277. The zero-order valence-electron chi connectivity index (χ0n) is 11.7. The fourth-order valence-corrected chi connectivity index (χ4v) is 2.99. The van der Waals surface area contributed by atoms with Crippen LogP contribution in [0, 0.1) is 0 Å². The Bertz CT molecular complexity index is 708. The Labute approximate surface area is 144 Å². The van der Waals surface area contributed by atoms with E-state index in [2.05, 4.69) is 20.9 Å². The normalized spacial score (nSPS) is 31.5. The molecule has 0 saturated carbocycles. The third kappa shape index (κ3) is 3.08. The summed E-state index contributed by atoms with van der Waals surface area (Å²) in [4.78, 5) is 2.98. The second-order valence-electron chi connectivity index (χ2n) is 5.28. The highest BCUT2D eigenvalue weighted by Crippen LogP contribution is 2.34. The summed E-state index contributed by atoms with van der Waals surface area (Å²) in [6, 6.07) is 3.45. The van der Waals surface area contributed by atoms with Crippen LogP contribution in [0.4, 0.5) is 0 Å². The predicted molar refractivity (Wildman–Crippen MR) is 85.4 cm³/mol. The fourth-order valence-electron chi connectivity index (χ4n) is 2.48. The topological polar surface area (TPSA) is 115 Å². The van der Waals surface area contributed by atoms with E-state index >= 15 is 0 Å². The number of aliphatic hydroxyl groups is 4. The highest BCUT2D eigenvalue weighted by molar-refractivity contribution is 9.10. The summed E-state index contributed by atoms with van der Waals surface area (Å²) in [7, 11) is 0. The van der Waals surface area contributed by atoms with Crippen LogP contribution in [0.5, 0.6) is 5.75 Å². The molecule has 1 aromatic heterocycles. The molecule has 2 heterocycles. The van der Waals surface area contributed by atoms with Gasteiger partial charge in [0.25, 0.3) is 0 Å². The molecule has 3 rings (SSSR count). The van der Waals surface area contributed by atoms with E-state index in [9.17, 15) is 20.4 Å². The van der Waals surface area contributed by atoms with Crippen LogP contribution >= 0.6 is 27.5 Å². The van der Waals surface area contributed by atoms with Crippen LogP contribution in [-0.4, -0.2) is 62.7 Å². The molecule has 7 nitrogen and oxygen atoms in total. The number of hydrogen-bond donors (Lipinski definition) is 5. The highest BCUT2D eigenvalue weighted by Gasteiger charge is 2.44. The lowest BCUT2D eigenvalue weighted by atomic mass is 9.99. The zero-order valence-corrected chi connectivity index (χ0v) is 14.0. The molecule has 126 valence electrons. The molecule has 23 heavy (non-hydrogen) atoms. The number of rotatable bonds is 3. The Kier molecular flexibility index (Phi) is 4.84. The van der Waals surface area contributed by atoms with Crippen molar-refractivity contribution in [3.8, 4) is 5.75 Å². The minimum atomic E-state index is -1.49. The fraction of sp³-hybridized carbons (Fsp3) is 0.429. The van der Waals surface area contributed by atoms with E-state index in [4.69, 9.17) is 21.1 Å². The quantitative estimate of drug-likeness (QED) is 0.512. The second-order valence-corrected chi connectivity index (χ2v) is 6.54. The monoisotopic (exact) mass is 407 g/mol. The van der Waals surface area contributed by atoms with Crippen molar-refractivity contribution >= 4 is 38.4 Å². The maximum absolute atomic E-state index is 10.0. The van der Waals surface area contributed by atoms with Crippen molar-refractivity contribution in [3.63, 3.8) is 0 Å². The molecule has 5 N–H and O–H groups in total. The first-order valence-corrected chi connectivity index (χ1v) is 8.02. The summed E-state index contributed by atoms with van der Waals surface area (Å²) in [5.41, 5.74) is 0.720. The molecule has 0 unspecified atom stereocenters. The van der Waals surface area contributed by atoms with Gasteiger partial charge < -0.3 is 34.9 Å². The molecule has 1 aromatic carbocycles. The van der Waals surface area contributed by atoms with E-state index < -0.39 is 37.3 Å². The van der Waals surface area contributed by atoms with Crippen LogP contribution in [0.15, 0.2) is 22.8 Å². The predicted octanol–water partition coefficient (Wildman–Crippen LogP) is 0.762. The van der Waals surface area contributed by atoms with Crippen LogP contribution in [0.25, 0.3) is 10.9 Å². The minimum Gasteiger partial charge on any atom is -0.460 e. The van der Waals surface area contributed by atoms with Gasteiger partial charge >= 0.3 is 0 Å². The number of H-pyrrole nitrogens is 1. The average Bonchev–Trinajstić information content (AvgIpc) is 2.90. The second kappa shape index (κ2) is 6.56. The highest BCUT2D eigenvalue weighted by atomic mass is 79.9. The van der Waals surface area contributed by atoms with Gasteiger partial charge in [-0.3, -0.25) is 0 Å². The first-order valence-electron chi connectivity index (χ1n) is 6.85. The summed E-state index contributed by atoms with van der Waals surface area (Å²) < 4.78 is 11.6. The van der Waals surface area contributed by atoms with Crippen LogP contribution < -0.4 is 4.74 Å². The molecule has 0 spiro atoms. The van der Waals surface area contributed by atoms with E-state index in [1.54, 1.807) is 18.3 Å². The molecule has 9 heteroatoms. The van der Waals surface area contributed by atoms with Gasteiger partial charge in [0.15, 0.2) is 0 Å². The lowest BCUT2D eigenvalue weighted by Gasteiger charge is -2.39.